The number of carbonyl (C=O) groups excluding carboxylic acids is 1. The van der Waals surface area contributed by atoms with E-state index in [0.717, 1.165) is 20.6 Å². The van der Waals surface area contributed by atoms with Gasteiger partial charge < -0.3 is 0 Å². The molecular formula is C21H17BrClNOS. The number of hydrogen-bond donors (Lipinski definition) is 0. The van der Waals surface area contributed by atoms with Crippen LogP contribution in [-0.4, -0.2) is 10.8 Å². The van der Waals surface area contributed by atoms with Crippen molar-refractivity contribution in [3.63, 3.8) is 0 Å². The molecule has 0 fully saturated rings. The Bertz CT molecular complexity index is 879. The molecule has 2 aromatic carbocycles. The third-order valence-electron chi connectivity index (χ3n) is 3.88. The molecule has 1 heterocycles. The first-order valence-corrected chi connectivity index (χ1v) is 10.2. The van der Waals surface area contributed by atoms with Gasteiger partial charge in [0.15, 0.2) is 5.78 Å². The van der Waals surface area contributed by atoms with E-state index in [4.69, 9.17) is 11.6 Å². The van der Waals surface area contributed by atoms with Gasteiger partial charge in [-0.15, -0.1) is 11.8 Å². The third kappa shape index (κ3) is 5.19. The number of aromatic nitrogens is 1. The molecule has 0 saturated carbocycles. The predicted octanol–water partition coefficient (Wildman–Crippen LogP) is 6.45. The summed E-state index contributed by atoms with van der Waals surface area (Å²) in [6.07, 6.45) is 2.01. The van der Waals surface area contributed by atoms with Crippen molar-refractivity contribution < 1.29 is 4.79 Å². The number of rotatable bonds is 6. The number of pyridine rings is 1. The van der Waals surface area contributed by atoms with Crippen LogP contribution in [0.1, 0.15) is 22.1 Å². The Morgan fingerprint density at radius 3 is 2.38 bits per heavy atom. The lowest BCUT2D eigenvalue weighted by molar-refractivity contribution is -0.118. The molecule has 1 unspecified atom stereocenters. The molecule has 1 aromatic heterocycles. The minimum Gasteiger partial charge on any atom is -0.298 e. The van der Waals surface area contributed by atoms with E-state index in [1.54, 1.807) is 18.0 Å². The molecular weight excluding hydrogens is 430 g/mol. The van der Waals surface area contributed by atoms with E-state index in [1.165, 1.54) is 5.56 Å². The highest BCUT2D eigenvalue weighted by Gasteiger charge is 2.22. The van der Waals surface area contributed by atoms with Crippen LogP contribution in [0.3, 0.4) is 0 Å². The lowest BCUT2D eigenvalue weighted by atomic mass is 10.0. The largest absolute Gasteiger partial charge is 0.298 e. The Morgan fingerprint density at radius 2 is 1.77 bits per heavy atom. The summed E-state index contributed by atoms with van der Waals surface area (Å²) >= 11 is 10.9. The van der Waals surface area contributed by atoms with Gasteiger partial charge in [-0.2, -0.15) is 0 Å². The minimum atomic E-state index is -0.305. The van der Waals surface area contributed by atoms with Gasteiger partial charge in [0.05, 0.1) is 11.7 Å². The van der Waals surface area contributed by atoms with E-state index in [0.29, 0.717) is 11.4 Å². The summed E-state index contributed by atoms with van der Waals surface area (Å²) in [7, 11) is 0. The highest BCUT2D eigenvalue weighted by atomic mass is 79.9. The number of hydrogen-bond acceptors (Lipinski definition) is 3. The molecule has 26 heavy (non-hydrogen) atoms. The minimum absolute atomic E-state index is 0.118. The molecule has 0 radical (unpaired) electrons. The van der Waals surface area contributed by atoms with Gasteiger partial charge >= 0.3 is 0 Å². The molecule has 1 atom stereocenters. The molecule has 3 rings (SSSR count). The number of Topliss-reactive ketones (excluding diaryl/α,β-unsaturated/α-hetero) is 1. The van der Waals surface area contributed by atoms with Crippen molar-refractivity contribution in [2.45, 2.75) is 23.5 Å². The number of carbonyl (C=O) groups is 1. The second-order valence-electron chi connectivity index (χ2n) is 5.97. The zero-order chi connectivity index (χ0) is 18.5. The number of nitrogens with zero attached hydrogens (tertiary/aromatic N) is 1. The topological polar surface area (TPSA) is 30.0 Å². The average molecular weight is 447 g/mol. The summed E-state index contributed by atoms with van der Waals surface area (Å²) in [5.41, 5.74) is 2.91. The van der Waals surface area contributed by atoms with Crippen molar-refractivity contribution >= 4 is 45.1 Å². The smallest absolute Gasteiger partial charge is 0.156 e. The van der Waals surface area contributed by atoms with Crippen molar-refractivity contribution in [3.05, 3.63) is 93.2 Å². The third-order valence-corrected chi connectivity index (χ3v) is 5.92. The summed E-state index contributed by atoms with van der Waals surface area (Å²) in [5.74, 6) is 0.118. The van der Waals surface area contributed by atoms with E-state index in [1.807, 2.05) is 48.5 Å². The van der Waals surface area contributed by atoms with Crippen LogP contribution < -0.4 is 0 Å². The Labute approximate surface area is 171 Å². The predicted molar refractivity (Wildman–Crippen MR) is 112 cm³/mol. The van der Waals surface area contributed by atoms with Crippen LogP contribution >= 0.6 is 39.3 Å². The lowest BCUT2D eigenvalue weighted by Gasteiger charge is -2.16. The number of ketones is 1. The summed E-state index contributed by atoms with van der Waals surface area (Å²) in [5, 5.41) is 0.357. The normalized spacial score (nSPS) is 12.0. The van der Waals surface area contributed by atoms with E-state index < -0.39 is 0 Å². The van der Waals surface area contributed by atoms with Gasteiger partial charge in [-0.05, 0) is 64.8 Å². The van der Waals surface area contributed by atoms with Crippen LogP contribution in [0.2, 0.25) is 5.02 Å². The van der Waals surface area contributed by atoms with Crippen molar-refractivity contribution in [2.24, 2.45) is 0 Å². The summed E-state index contributed by atoms with van der Waals surface area (Å²) < 4.78 is 0.900. The fraction of sp³-hybridized carbons (Fsp3) is 0.143. The first kappa shape index (κ1) is 19.2. The molecule has 5 heteroatoms. The maximum atomic E-state index is 13.0. The summed E-state index contributed by atoms with van der Waals surface area (Å²) in [6.45, 7) is 2.05. The van der Waals surface area contributed by atoms with Crippen molar-refractivity contribution in [2.75, 3.05) is 0 Å². The summed E-state index contributed by atoms with van der Waals surface area (Å²) in [6, 6.07) is 19.5. The van der Waals surface area contributed by atoms with Crippen molar-refractivity contribution in [1.82, 2.24) is 4.98 Å². The first-order valence-electron chi connectivity index (χ1n) is 8.13. The van der Waals surface area contributed by atoms with Crippen LogP contribution in [0.4, 0.5) is 0 Å². The first-order chi connectivity index (χ1) is 12.5. The van der Waals surface area contributed by atoms with Crippen LogP contribution in [0.15, 0.2) is 76.2 Å². The van der Waals surface area contributed by atoms with Crippen molar-refractivity contribution in [1.29, 1.82) is 0 Å². The number of aryl methyl sites for hydroxylation is 1. The Hall–Kier alpha value is -1.62. The second-order valence-corrected chi connectivity index (χ2v) is 8.50. The fourth-order valence-corrected chi connectivity index (χ4v) is 3.93. The van der Waals surface area contributed by atoms with Gasteiger partial charge in [0, 0.05) is 26.3 Å². The number of halogens is 2. The van der Waals surface area contributed by atoms with Gasteiger partial charge in [0.2, 0.25) is 0 Å². The second kappa shape index (κ2) is 8.85. The highest BCUT2D eigenvalue weighted by Crippen LogP contribution is 2.37. The highest BCUT2D eigenvalue weighted by molar-refractivity contribution is 9.10. The fourth-order valence-electron chi connectivity index (χ4n) is 2.49. The monoisotopic (exact) mass is 445 g/mol. The molecule has 132 valence electrons. The van der Waals surface area contributed by atoms with Crippen LogP contribution in [0.25, 0.3) is 0 Å². The van der Waals surface area contributed by atoms with Gasteiger partial charge in [-0.25, -0.2) is 0 Å². The Kier molecular flexibility index (Phi) is 6.52. The molecule has 0 bridgehead atoms. The Balaban J connectivity index is 1.85. The Morgan fingerprint density at radius 1 is 1.08 bits per heavy atom. The zero-order valence-corrected chi connectivity index (χ0v) is 17.3. The van der Waals surface area contributed by atoms with Gasteiger partial charge in [0.25, 0.3) is 0 Å². The van der Waals surface area contributed by atoms with Crippen LogP contribution in [0, 0.1) is 6.92 Å². The van der Waals surface area contributed by atoms with E-state index >= 15 is 0 Å². The SMILES string of the molecule is Cc1ccc(SC(C(=O)Cc2ccc(Br)cn2)c2ccc(Cl)cc2)cc1. The maximum absolute atomic E-state index is 13.0. The molecule has 0 aliphatic heterocycles. The van der Waals surface area contributed by atoms with Crippen molar-refractivity contribution in [3.8, 4) is 0 Å². The standard InChI is InChI=1S/C21H17BrClNOS/c1-14-2-10-19(11-3-14)26-21(15-4-7-17(23)8-5-15)20(25)12-18-9-6-16(22)13-24-18/h2-11,13,21H,12H2,1H3. The molecule has 0 aliphatic carbocycles. The van der Waals surface area contributed by atoms with Gasteiger partial charge in [-0.3, -0.25) is 9.78 Å². The zero-order valence-electron chi connectivity index (χ0n) is 14.2. The van der Waals surface area contributed by atoms with Crippen LogP contribution in [0.5, 0.6) is 0 Å². The number of thioether (sulfide) groups is 1. The van der Waals surface area contributed by atoms with E-state index in [9.17, 15) is 4.79 Å². The average Bonchev–Trinajstić information content (AvgIpc) is 2.64. The van der Waals surface area contributed by atoms with E-state index in [2.05, 4.69) is 40.0 Å². The molecule has 0 N–H and O–H groups in total. The maximum Gasteiger partial charge on any atom is 0.156 e. The molecule has 0 amide bonds. The molecule has 3 aromatic rings. The molecule has 0 saturated heterocycles. The summed E-state index contributed by atoms with van der Waals surface area (Å²) in [4.78, 5) is 18.4. The molecule has 0 aliphatic rings. The lowest BCUT2D eigenvalue weighted by Crippen LogP contribution is -2.13. The van der Waals surface area contributed by atoms with E-state index in [-0.39, 0.29) is 11.0 Å². The van der Waals surface area contributed by atoms with Gasteiger partial charge in [0.1, 0.15) is 0 Å². The quantitative estimate of drug-likeness (QED) is 0.407. The number of benzene rings is 2. The van der Waals surface area contributed by atoms with Crippen LogP contribution in [-0.2, 0) is 11.2 Å². The van der Waals surface area contributed by atoms with Gasteiger partial charge in [-0.1, -0.05) is 41.4 Å². The molecule has 2 nitrogen and oxygen atoms in total. The molecule has 0 spiro atoms.